The number of halogens is 2. The Morgan fingerprint density at radius 2 is 2.00 bits per heavy atom. The van der Waals surface area contributed by atoms with E-state index < -0.39 is 11.6 Å². The van der Waals surface area contributed by atoms with Gasteiger partial charge >= 0.3 is 0 Å². The summed E-state index contributed by atoms with van der Waals surface area (Å²) in [4.78, 5) is 4.43. The van der Waals surface area contributed by atoms with Crippen molar-refractivity contribution < 1.29 is 8.78 Å². The standard InChI is InChI=1S/C16H11F2N3/c1-21-15-5-2-10(9-19)6-14(15)20-16(21)7-11-3-4-12(17)8-13(11)18/h2-6,8H,7H2,1H3. The second kappa shape index (κ2) is 4.98. The molecule has 3 rings (SSSR count). The predicted octanol–water partition coefficient (Wildman–Crippen LogP) is 3.31. The lowest BCUT2D eigenvalue weighted by Crippen LogP contribution is -2.01. The smallest absolute Gasteiger partial charge is 0.129 e. The van der Waals surface area contributed by atoms with E-state index in [9.17, 15) is 8.78 Å². The third kappa shape index (κ3) is 2.36. The number of aromatic nitrogens is 2. The molecule has 1 aromatic heterocycles. The van der Waals surface area contributed by atoms with Crippen molar-refractivity contribution >= 4 is 11.0 Å². The maximum atomic E-state index is 13.7. The molecule has 0 N–H and O–H groups in total. The van der Waals surface area contributed by atoms with Crippen LogP contribution in [0.15, 0.2) is 36.4 Å². The van der Waals surface area contributed by atoms with Crippen molar-refractivity contribution in [2.45, 2.75) is 6.42 Å². The fourth-order valence-electron chi connectivity index (χ4n) is 2.31. The summed E-state index contributed by atoms with van der Waals surface area (Å²) in [6, 6.07) is 10.8. The van der Waals surface area contributed by atoms with Crippen molar-refractivity contribution in [3.63, 3.8) is 0 Å². The second-order valence-corrected chi connectivity index (χ2v) is 4.81. The normalized spacial score (nSPS) is 10.8. The number of hydrogen-bond donors (Lipinski definition) is 0. The number of nitrogens with zero attached hydrogens (tertiary/aromatic N) is 3. The largest absolute Gasteiger partial charge is 0.331 e. The maximum absolute atomic E-state index is 13.7. The van der Waals surface area contributed by atoms with Gasteiger partial charge in [-0.25, -0.2) is 13.8 Å². The van der Waals surface area contributed by atoms with Gasteiger partial charge in [-0.05, 0) is 29.8 Å². The van der Waals surface area contributed by atoms with Gasteiger partial charge < -0.3 is 4.57 Å². The average molecular weight is 283 g/mol. The second-order valence-electron chi connectivity index (χ2n) is 4.81. The van der Waals surface area contributed by atoms with Gasteiger partial charge in [0, 0.05) is 19.5 Å². The average Bonchev–Trinajstić information content (AvgIpc) is 2.78. The molecule has 21 heavy (non-hydrogen) atoms. The van der Waals surface area contributed by atoms with Crippen LogP contribution < -0.4 is 0 Å². The first-order valence-electron chi connectivity index (χ1n) is 6.38. The molecule has 0 radical (unpaired) electrons. The Morgan fingerprint density at radius 1 is 1.19 bits per heavy atom. The van der Waals surface area contributed by atoms with E-state index in [1.807, 2.05) is 17.7 Å². The lowest BCUT2D eigenvalue weighted by atomic mass is 10.1. The van der Waals surface area contributed by atoms with Crippen molar-refractivity contribution in [1.29, 1.82) is 5.26 Å². The number of aryl methyl sites for hydroxylation is 1. The summed E-state index contributed by atoms with van der Waals surface area (Å²) < 4.78 is 28.5. The van der Waals surface area contributed by atoms with Crippen LogP contribution in [0, 0.1) is 23.0 Å². The molecule has 104 valence electrons. The van der Waals surface area contributed by atoms with Gasteiger partial charge in [-0.1, -0.05) is 6.07 Å². The van der Waals surface area contributed by atoms with Crippen LogP contribution >= 0.6 is 0 Å². The van der Waals surface area contributed by atoms with E-state index in [-0.39, 0.29) is 6.42 Å². The fraction of sp³-hybridized carbons (Fsp3) is 0.125. The highest BCUT2D eigenvalue weighted by atomic mass is 19.1. The monoisotopic (exact) mass is 283 g/mol. The van der Waals surface area contributed by atoms with Crippen molar-refractivity contribution in [2.24, 2.45) is 7.05 Å². The molecule has 0 saturated carbocycles. The molecule has 0 aliphatic heterocycles. The van der Waals surface area contributed by atoms with E-state index in [0.717, 1.165) is 11.6 Å². The molecule has 0 fully saturated rings. The van der Waals surface area contributed by atoms with Crippen molar-refractivity contribution in [2.75, 3.05) is 0 Å². The Kier molecular flexibility index (Phi) is 3.15. The van der Waals surface area contributed by atoms with Gasteiger partial charge in [-0.3, -0.25) is 0 Å². The first-order chi connectivity index (χ1) is 10.1. The molecular weight excluding hydrogens is 272 g/mol. The molecule has 5 heteroatoms. The molecule has 0 aliphatic carbocycles. The minimum atomic E-state index is -0.597. The Hall–Kier alpha value is -2.74. The molecule has 0 atom stereocenters. The third-order valence-corrected chi connectivity index (χ3v) is 3.47. The highest BCUT2D eigenvalue weighted by Gasteiger charge is 2.12. The van der Waals surface area contributed by atoms with E-state index in [0.29, 0.717) is 22.5 Å². The maximum Gasteiger partial charge on any atom is 0.129 e. The lowest BCUT2D eigenvalue weighted by molar-refractivity contribution is 0.573. The summed E-state index contributed by atoms with van der Waals surface area (Å²) in [6.45, 7) is 0. The van der Waals surface area contributed by atoms with E-state index in [1.165, 1.54) is 12.1 Å². The molecule has 3 nitrogen and oxygen atoms in total. The van der Waals surface area contributed by atoms with Gasteiger partial charge in [0.25, 0.3) is 0 Å². The third-order valence-electron chi connectivity index (χ3n) is 3.47. The summed E-state index contributed by atoms with van der Waals surface area (Å²) in [7, 11) is 1.83. The summed E-state index contributed by atoms with van der Waals surface area (Å²) >= 11 is 0. The zero-order valence-corrected chi connectivity index (χ0v) is 11.3. The van der Waals surface area contributed by atoms with Crippen LogP contribution in [0.4, 0.5) is 8.78 Å². The number of fused-ring (bicyclic) bond motifs is 1. The molecular formula is C16H11F2N3. The minimum absolute atomic E-state index is 0.263. The zero-order chi connectivity index (χ0) is 15.0. The van der Waals surface area contributed by atoms with Crippen LogP contribution in [0.5, 0.6) is 0 Å². The Morgan fingerprint density at radius 3 is 2.71 bits per heavy atom. The fourth-order valence-corrected chi connectivity index (χ4v) is 2.31. The first kappa shape index (κ1) is 13.3. The van der Waals surface area contributed by atoms with Gasteiger partial charge in [0.1, 0.15) is 17.5 Å². The van der Waals surface area contributed by atoms with Crippen LogP contribution in [0.2, 0.25) is 0 Å². The topological polar surface area (TPSA) is 41.6 Å². The molecule has 0 saturated heterocycles. The molecule has 0 aliphatic rings. The van der Waals surface area contributed by atoms with Crippen molar-refractivity contribution in [1.82, 2.24) is 9.55 Å². The first-order valence-corrected chi connectivity index (χ1v) is 6.38. The van der Waals surface area contributed by atoms with Gasteiger partial charge in [0.2, 0.25) is 0 Å². The number of rotatable bonds is 2. The van der Waals surface area contributed by atoms with Crippen LogP contribution in [-0.2, 0) is 13.5 Å². The molecule has 3 aromatic rings. The SMILES string of the molecule is Cn1c(Cc2ccc(F)cc2F)nc2cc(C#N)ccc21. The lowest BCUT2D eigenvalue weighted by Gasteiger charge is -2.04. The molecule has 0 unspecified atom stereocenters. The van der Waals surface area contributed by atoms with Crippen LogP contribution in [0.3, 0.4) is 0 Å². The highest BCUT2D eigenvalue weighted by molar-refractivity contribution is 5.77. The quantitative estimate of drug-likeness (QED) is 0.724. The predicted molar refractivity (Wildman–Crippen MR) is 74.6 cm³/mol. The number of hydrogen-bond acceptors (Lipinski definition) is 2. The van der Waals surface area contributed by atoms with Gasteiger partial charge in [-0.2, -0.15) is 5.26 Å². The minimum Gasteiger partial charge on any atom is -0.331 e. The van der Waals surface area contributed by atoms with Gasteiger partial charge in [0.15, 0.2) is 0 Å². The summed E-state index contributed by atoms with van der Waals surface area (Å²) in [5.41, 5.74) is 2.47. The van der Waals surface area contributed by atoms with Crippen LogP contribution in [-0.4, -0.2) is 9.55 Å². The summed E-state index contributed by atoms with van der Waals surface area (Å²) in [5, 5.41) is 8.90. The van der Waals surface area contributed by atoms with E-state index >= 15 is 0 Å². The Labute approximate surface area is 120 Å². The van der Waals surface area contributed by atoms with Crippen molar-refractivity contribution in [3.8, 4) is 6.07 Å². The van der Waals surface area contributed by atoms with Crippen LogP contribution in [0.1, 0.15) is 17.0 Å². The van der Waals surface area contributed by atoms with E-state index in [1.54, 1.807) is 12.1 Å². The summed E-state index contributed by atoms with van der Waals surface area (Å²) in [5.74, 6) is -0.523. The molecule has 0 spiro atoms. The van der Waals surface area contributed by atoms with Crippen LogP contribution in [0.25, 0.3) is 11.0 Å². The Balaban J connectivity index is 2.04. The zero-order valence-electron chi connectivity index (χ0n) is 11.3. The number of nitriles is 1. The number of benzene rings is 2. The van der Waals surface area contributed by atoms with E-state index in [2.05, 4.69) is 11.1 Å². The number of imidazole rings is 1. The molecule has 1 heterocycles. The summed E-state index contributed by atoms with van der Waals surface area (Å²) in [6.07, 6.45) is 0.263. The molecule has 0 bridgehead atoms. The van der Waals surface area contributed by atoms with Gasteiger partial charge in [-0.15, -0.1) is 0 Å². The highest BCUT2D eigenvalue weighted by Crippen LogP contribution is 2.20. The molecule has 0 amide bonds. The van der Waals surface area contributed by atoms with E-state index in [4.69, 9.17) is 5.26 Å². The van der Waals surface area contributed by atoms with Gasteiger partial charge in [0.05, 0.1) is 22.7 Å². The molecule has 2 aromatic carbocycles. The van der Waals surface area contributed by atoms with Crippen molar-refractivity contribution in [3.05, 3.63) is 65.0 Å². The Bertz CT molecular complexity index is 875.